The van der Waals surface area contributed by atoms with Gasteiger partial charge in [0.05, 0.1) is 6.10 Å². The van der Waals surface area contributed by atoms with Crippen molar-refractivity contribution >= 4 is 5.78 Å². The Hall–Kier alpha value is -0.370. The SMILES string of the molecule is CC1(C)[C@H]2CC(=O)[C@@]2(C)CC[C@@H]1O. The van der Waals surface area contributed by atoms with Crippen molar-refractivity contribution in [3.05, 3.63) is 0 Å². The monoisotopic (exact) mass is 182 g/mol. The second kappa shape index (κ2) is 2.35. The summed E-state index contributed by atoms with van der Waals surface area (Å²) in [5.74, 6) is 0.800. The number of fused-ring (bicyclic) bond motifs is 1. The van der Waals surface area contributed by atoms with E-state index in [4.69, 9.17) is 0 Å². The molecule has 0 aromatic rings. The van der Waals surface area contributed by atoms with Crippen LogP contribution in [0.3, 0.4) is 0 Å². The van der Waals surface area contributed by atoms with Gasteiger partial charge in [-0.1, -0.05) is 20.8 Å². The number of rotatable bonds is 0. The molecule has 0 aliphatic heterocycles. The van der Waals surface area contributed by atoms with E-state index in [1.807, 2.05) is 0 Å². The molecule has 0 amide bonds. The maximum absolute atomic E-state index is 11.5. The van der Waals surface area contributed by atoms with Gasteiger partial charge < -0.3 is 5.11 Å². The molecule has 0 spiro atoms. The number of ketones is 1. The average Bonchev–Trinajstić information content (AvgIpc) is 2.06. The van der Waals surface area contributed by atoms with Crippen molar-refractivity contribution in [1.29, 1.82) is 0 Å². The number of hydrogen-bond donors (Lipinski definition) is 1. The summed E-state index contributed by atoms with van der Waals surface area (Å²) in [6, 6.07) is 0. The Bertz CT molecular complexity index is 257. The van der Waals surface area contributed by atoms with Gasteiger partial charge in [-0.15, -0.1) is 0 Å². The number of hydrogen-bond acceptors (Lipinski definition) is 2. The van der Waals surface area contributed by atoms with Crippen molar-refractivity contribution in [2.24, 2.45) is 16.7 Å². The van der Waals surface area contributed by atoms with Crippen LogP contribution in [0.1, 0.15) is 40.0 Å². The summed E-state index contributed by atoms with van der Waals surface area (Å²) in [7, 11) is 0. The zero-order valence-electron chi connectivity index (χ0n) is 8.63. The highest BCUT2D eigenvalue weighted by atomic mass is 16.3. The lowest BCUT2D eigenvalue weighted by Gasteiger charge is -2.58. The van der Waals surface area contributed by atoms with Crippen LogP contribution in [-0.4, -0.2) is 17.0 Å². The minimum Gasteiger partial charge on any atom is -0.393 e. The van der Waals surface area contributed by atoms with Crippen LogP contribution in [0.2, 0.25) is 0 Å². The second-order valence-corrected chi connectivity index (χ2v) is 5.47. The Balaban J connectivity index is 2.29. The summed E-state index contributed by atoms with van der Waals surface area (Å²) < 4.78 is 0. The predicted molar refractivity (Wildman–Crippen MR) is 50.2 cm³/mol. The molecule has 2 rings (SSSR count). The van der Waals surface area contributed by atoms with E-state index < -0.39 is 0 Å². The summed E-state index contributed by atoms with van der Waals surface area (Å²) in [6.45, 7) is 6.25. The summed E-state index contributed by atoms with van der Waals surface area (Å²) >= 11 is 0. The van der Waals surface area contributed by atoms with Crippen LogP contribution in [0.15, 0.2) is 0 Å². The van der Waals surface area contributed by atoms with Crippen LogP contribution in [0.4, 0.5) is 0 Å². The Labute approximate surface area is 79.3 Å². The van der Waals surface area contributed by atoms with E-state index in [-0.39, 0.29) is 16.9 Å². The van der Waals surface area contributed by atoms with E-state index >= 15 is 0 Å². The van der Waals surface area contributed by atoms with Crippen molar-refractivity contribution in [1.82, 2.24) is 0 Å². The fourth-order valence-electron chi connectivity index (χ4n) is 3.15. The van der Waals surface area contributed by atoms with E-state index in [1.54, 1.807) is 0 Å². The zero-order chi connectivity index (χ0) is 9.85. The van der Waals surface area contributed by atoms with Gasteiger partial charge in [0.15, 0.2) is 0 Å². The van der Waals surface area contributed by atoms with Crippen molar-refractivity contribution in [3.63, 3.8) is 0 Å². The van der Waals surface area contributed by atoms with Crippen LogP contribution in [0.5, 0.6) is 0 Å². The Morgan fingerprint density at radius 3 is 2.54 bits per heavy atom. The van der Waals surface area contributed by atoms with Crippen LogP contribution in [-0.2, 0) is 4.79 Å². The molecule has 0 bridgehead atoms. The van der Waals surface area contributed by atoms with Crippen molar-refractivity contribution < 1.29 is 9.90 Å². The summed E-state index contributed by atoms with van der Waals surface area (Å²) in [6.07, 6.45) is 2.12. The molecule has 2 nitrogen and oxygen atoms in total. The van der Waals surface area contributed by atoms with Gasteiger partial charge in [0.1, 0.15) is 5.78 Å². The lowest BCUT2D eigenvalue weighted by atomic mass is 9.45. The first-order valence-electron chi connectivity index (χ1n) is 5.10. The molecule has 2 aliphatic carbocycles. The van der Waals surface area contributed by atoms with E-state index in [9.17, 15) is 9.90 Å². The average molecular weight is 182 g/mol. The topological polar surface area (TPSA) is 37.3 Å². The third-order valence-electron chi connectivity index (χ3n) is 4.49. The van der Waals surface area contributed by atoms with E-state index in [1.165, 1.54) is 0 Å². The van der Waals surface area contributed by atoms with E-state index in [2.05, 4.69) is 20.8 Å². The van der Waals surface area contributed by atoms with Gasteiger partial charge in [-0.2, -0.15) is 0 Å². The van der Waals surface area contributed by atoms with Crippen LogP contribution >= 0.6 is 0 Å². The van der Waals surface area contributed by atoms with Crippen LogP contribution < -0.4 is 0 Å². The fraction of sp³-hybridized carbons (Fsp3) is 0.909. The lowest BCUT2D eigenvalue weighted by Crippen LogP contribution is -2.60. The third kappa shape index (κ3) is 0.954. The molecule has 0 heterocycles. The molecule has 1 N–H and O–H groups in total. The molecule has 0 saturated heterocycles. The number of aliphatic hydroxyl groups is 1. The van der Waals surface area contributed by atoms with Crippen molar-refractivity contribution in [2.75, 3.05) is 0 Å². The summed E-state index contributed by atoms with van der Waals surface area (Å²) in [5.41, 5.74) is -0.177. The number of carbonyl (C=O) groups is 1. The molecular formula is C11H18O2. The van der Waals surface area contributed by atoms with Gasteiger partial charge in [-0.3, -0.25) is 4.79 Å². The first-order chi connectivity index (χ1) is 5.89. The summed E-state index contributed by atoms with van der Waals surface area (Å²) in [5, 5.41) is 9.85. The molecular weight excluding hydrogens is 164 g/mol. The molecule has 0 aromatic carbocycles. The maximum atomic E-state index is 11.5. The summed E-state index contributed by atoms with van der Waals surface area (Å²) in [4.78, 5) is 11.5. The molecule has 2 aliphatic rings. The van der Waals surface area contributed by atoms with Crippen molar-refractivity contribution in [2.45, 2.75) is 46.1 Å². The standard InChI is InChI=1S/C11H18O2/c1-10(2)7-6-9(13)11(7,3)5-4-8(10)12/h7-8,12H,4-6H2,1-3H3/t7-,8+,11+/m1/s1. The predicted octanol–water partition coefficient (Wildman–Crippen LogP) is 1.76. The molecule has 0 aromatic heterocycles. The van der Waals surface area contributed by atoms with Crippen LogP contribution in [0.25, 0.3) is 0 Å². The maximum Gasteiger partial charge on any atom is 0.139 e. The van der Waals surface area contributed by atoms with Gasteiger partial charge in [-0.05, 0) is 24.2 Å². The van der Waals surface area contributed by atoms with Gasteiger partial charge in [0.25, 0.3) is 0 Å². The Morgan fingerprint density at radius 2 is 2.00 bits per heavy atom. The van der Waals surface area contributed by atoms with E-state index in [0.29, 0.717) is 18.1 Å². The fourth-order valence-corrected chi connectivity index (χ4v) is 3.15. The normalized spacial score (nSPS) is 48.2. The number of carbonyl (C=O) groups excluding carboxylic acids is 1. The molecule has 0 radical (unpaired) electrons. The Kier molecular flexibility index (Phi) is 1.66. The molecule has 13 heavy (non-hydrogen) atoms. The third-order valence-corrected chi connectivity index (χ3v) is 4.49. The van der Waals surface area contributed by atoms with E-state index in [0.717, 1.165) is 12.8 Å². The first-order valence-corrected chi connectivity index (χ1v) is 5.10. The highest BCUT2D eigenvalue weighted by Crippen LogP contribution is 2.59. The van der Waals surface area contributed by atoms with Crippen molar-refractivity contribution in [3.8, 4) is 0 Å². The van der Waals surface area contributed by atoms with Gasteiger partial charge in [0, 0.05) is 11.8 Å². The number of aliphatic hydroxyl groups excluding tert-OH is 1. The van der Waals surface area contributed by atoms with Gasteiger partial charge in [-0.25, -0.2) is 0 Å². The lowest BCUT2D eigenvalue weighted by molar-refractivity contribution is -0.174. The van der Waals surface area contributed by atoms with Gasteiger partial charge >= 0.3 is 0 Å². The highest BCUT2D eigenvalue weighted by molar-refractivity contribution is 5.91. The minimum absolute atomic E-state index is 0.0685. The molecule has 0 unspecified atom stereocenters. The zero-order valence-corrected chi connectivity index (χ0v) is 8.63. The Morgan fingerprint density at radius 1 is 1.38 bits per heavy atom. The van der Waals surface area contributed by atoms with Gasteiger partial charge in [0.2, 0.25) is 0 Å². The largest absolute Gasteiger partial charge is 0.393 e. The first kappa shape index (κ1) is 9.20. The molecule has 2 fully saturated rings. The molecule has 3 atom stereocenters. The quantitative estimate of drug-likeness (QED) is 0.620. The molecule has 74 valence electrons. The molecule has 2 heteroatoms. The number of Topliss-reactive ketones (excluding diaryl/α,β-unsaturated/α-hetero) is 1. The molecule has 2 saturated carbocycles. The second-order valence-electron chi connectivity index (χ2n) is 5.47. The highest BCUT2D eigenvalue weighted by Gasteiger charge is 2.60. The smallest absolute Gasteiger partial charge is 0.139 e. The minimum atomic E-state index is -0.223. The van der Waals surface area contributed by atoms with Crippen LogP contribution in [0, 0.1) is 16.7 Å².